The molecule has 0 radical (unpaired) electrons. The zero-order valence-corrected chi connectivity index (χ0v) is 11.2. The van der Waals surface area contributed by atoms with E-state index in [1.807, 2.05) is 0 Å². The zero-order valence-electron chi connectivity index (χ0n) is 11.2. The average Bonchev–Trinajstić information content (AvgIpc) is 2.88. The van der Waals surface area contributed by atoms with Gasteiger partial charge in [0.05, 0.1) is 11.8 Å². The Bertz CT molecular complexity index is 444. The molecule has 2 N–H and O–H groups in total. The summed E-state index contributed by atoms with van der Waals surface area (Å²) >= 11 is 0. The molecule has 0 aromatic carbocycles. The molecule has 4 nitrogen and oxygen atoms in total. The van der Waals surface area contributed by atoms with Crippen molar-refractivity contribution in [1.29, 1.82) is 0 Å². The van der Waals surface area contributed by atoms with Crippen molar-refractivity contribution in [1.82, 2.24) is 15.5 Å². The predicted octanol–water partition coefficient (Wildman–Crippen LogP) is 2.36. The normalized spacial score (nSPS) is 39.5. The van der Waals surface area contributed by atoms with Crippen molar-refractivity contribution < 1.29 is 4.79 Å². The number of amides is 1. The summed E-state index contributed by atoms with van der Waals surface area (Å²) < 4.78 is 0. The van der Waals surface area contributed by atoms with Crippen molar-refractivity contribution in [2.24, 2.45) is 23.2 Å². The maximum atomic E-state index is 12.0. The van der Waals surface area contributed by atoms with Gasteiger partial charge in [-0.2, -0.15) is 5.10 Å². The Morgan fingerprint density at radius 3 is 2.42 bits per heavy atom. The summed E-state index contributed by atoms with van der Waals surface area (Å²) in [5.74, 6) is 2.84. The Morgan fingerprint density at radius 1 is 1.26 bits per heavy atom. The Balaban J connectivity index is 1.44. The SMILES string of the molecule is O=C(NCC12CC3CC(CC(C3)C1)C2)c1cn[nH]c1. The highest BCUT2D eigenvalue weighted by atomic mass is 16.1. The first kappa shape index (κ1) is 11.5. The van der Waals surface area contributed by atoms with Gasteiger partial charge in [-0.25, -0.2) is 0 Å². The molecule has 4 aliphatic carbocycles. The van der Waals surface area contributed by atoms with E-state index < -0.39 is 0 Å². The molecule has 0 atom stereocenters. The number of aromatic nitrogens is 2. The van der Waals surface area contributed by atoms with E-state index in [9.17, 15) is 4.79 Å². The fourth-order valence-electron chi connectivity index (χ4n) is 5.25. The fraction of sp³-hybridized carbons (Fsp3) is 0.733. The standard InChI is InChI=1S/C15H21N3O/c19-14(13-7-17-18-8-13)16-9-15-4-10-1-11(5-15)3-12(2-10)6-15/h7-8,10-12H,1-6,9H2,(H,16,19)(H,17,18). The first-order valence-corrected chi connectivity index (χ1v) is 7.49. The first-order chi connectivity index (χ1) is 9.22. The number of rotatable bonds is 3. The minimum Gasteiger partial charge on any atom is -0.351 e. The van der Waals surface area contributed by atoms with Crippen LogP contribution in [-0.4, -0.2) is 22.6 Å². The Hall–Kier alpha value is -1.32. The van der Waals surface area contributed by atoms with E-state index in [0.717, 1.165) is 24.3 Å². The van der Waals surface area contributed by atoms with Crippen molar-refractivity contribution in [3.8, 4) is 0 Å². The molecule has 4 aliphatic rings. The highest BCUT2D eigenvalue weighted by molar-refractivity contribution is 5.93. The quantitative estimate of drug-likeness (QED) is 0.875. The number of carbonyl (C=O) groups is 1. The van der Waals surface area contributed by atoms with Crippen LogP contribution in [0.2, 0.25) is 0 Å². The molecule has 1 heterocycles. The van der Waals surface area contributed by atoms with Gasteiger partial charge >= 0.3 is 0 Å². The van der Waals surface area contributed by atoms with Gasteiger partial charge in [-0.3, -0.25) is 9.89 Å². The molecule has 0 saturated heterocycles. The molecule has 1 aromatic rings. The highest BCUT2D eigenvalue weighted by Gasteiger charge is 2.50. The molecular formula is C15H21N3O. The second-order valence-electron chi connectivity index (χ2n) is 7.09. The number of nitrogens with one attached hydrogen (secondary N) is 2. The highest BCUT2D eigenvalue weighted by Crippen LogP contribution is 2.59. The summed E-state index contributed by atoms with van der Waals surface area (Å²) in [6.07, 6.45) is 11.6. The summed E-state index contributed by atoms with van der Waals surface area (Å²) in [5.41, 5.74) is 1.05. The van der Waals surface area contributed by atoms with Crippen molar-refractivity contribution >= 4 is 5.91 Å². The zero-order chi connectivity index (χ0) is 12.9. The van der Waals surface area contributed by atoms with Crippen LogP contribution in [0.5, 0.6) is 0 Å². The first-order valence-electron chi connectivity index (χ1n) is 7.49. The number of H-pyrrole nitrogens is 1. The lowest BCUT2D eigenvalue weighted by Crippen LogP contribution is -2.51. The van der Waals surface area contributed by atoms with Crippen LogP contribution in [0.1, 0.15) is 48.9 Å². The lowest BCUT2D eigenvalue weighted by Gasteiger charge is -2.56. The van der Waals surface area contributed by atoms with Crippen molar-refractivity contribution in [2.75, 3.05) is 6.54 Å². The molecule has 4 saturated carbocycles. The molecule has 4 fully saturated rings. The Morgan fingerprint density at radius 2 is 1.89 bits per heavy atom. The molecule has 4 bridgehead atoms. The Labute approximate surface area is 113 Å². The summed E-state index contributed by atoms with van der Waals surface area (Å²) in [5, 5.41) is 9.67. The van der Waals surface area contributed by atoms with Crippen LogP contribution in [0, 0.1) is 23.2 Å². The van der Waals surface area contributed by atoms with Crippen LogP contribution in [0.4, 0.5) is 0 Å². The van der Waals surface area contributed by atoms with Gasteiger partial charge in [0.25, 0.3) is 5.91 Å². The van der Waals surface area contributed by atoms with Gasteiger partial charge in [0, 0.05) is 12.7 Å². The fourth-order valence-corrected chi connectivity index (χ4v) is 5.25. The third-order valence-corrected chi connectivity index (χ3v) is 5.55. The predicted molar refractivity (Wildman–Crippen MR) is 71.5 cm³/mol. The molecule has 5 rings (SSSR count). The van der Waals surface area contributed by atoms with E-state index in [0.29, 0.717) is 11.0 Å². The smallest absolute Gasteiger partial charge is 0.254 e. The van der Waals surface area contributed by atoms with Gasteiger partial charge in [0.1, 0.15) is 0 Å². The third kappa shape index (κ3) is 1.97. The van der Waals surface area contributed by atoms with Crippen LogP contribution in [0.25, 0.3) is 0 Å². The van der Waals surface area contributed by atoms with E-state index in [1.54, 1.807) is 12.4 Å². The van der Waals surface area contributed by atoms with Gasteiger partial charge in [0.15, 0.2) is 0 Å². The largest absolute Gasteiger partial charge is 0.351 e. The monoisotopic (exact) mass is 259 g/mol. The van der Waals surface area contributed by atoms with Gasteiger partial charge in [-0.1, -0.05) is 0 Å². The van der Waals surface area contributed by atoms with Crippen LogP contribution in [0.15, 0.2) is 12.4 Å². The van der Waals surface area contributed by atoms with Crippen molar-refractivity contribution in [2.45, 2.75) is 38.5 Å². The molecule has 0 aliphatic heterocycles. The molecule has 1 aromatic heterocycles. The van der Waals surface area contributed by atoms with Gasteiger partial charge < -0.3 is 5.32 Å². The molecule has 0 spiro atoms. The molecule has 102 valence electrons. The second kappa shape index (κ2) is 4.09. The average molecular weight is 259 g/mol. The van der Waals surface area contributed by atoms with E-state index in [4.69, 9.17) is 0 Å². The molecule has 19 heavy (non-hydrogen) atoms. The van der Waals surface area contributed by atoms with Crippen LogP contribution in [-0.2, 0) is 0 Å². The second-order valence-corrected chi connectivity index (χ2v) is 7.09. The number of hydrogen-bond donors (Lipinski definition) is 2. The lowest BCUT2D eigenvalue weighted by molar-refractivity contribution is -0.0503. The van der Waals surface area contributed by atoms with Crippen molar-refractivity contribution in [3.63, 3.8) is 0 Å². The molecular weight excluding hydrogens is 238 g/mol. The van der Waals surface area contributed by atoms with Crippen LogP contribution in [0.3, 0.4) is 0 Å². The summed E-state index contributed by atoms with van der Waals surface area (Å²) in [4.78, 5) is 12.0. The molecule has 1 amide bonds. The molecule has 4 heteroatoms. The van der Waals surface area contributed by atoms with E-state index >= 15 is 0 Å². The topological polar surface area (TPSA) is 57.8 Å². The lowest BCUT2D eigenvalue weighted by atomic mass is 9.49. The maximum absolute atomic E-state index is 12.0. The summed E-state index contributed by atoms with van der Waals surface area (Å²) in [6.45, 7) is 0.862. The molecule has 0 unspecified atom stereocenters. The number of nitrogens with zero attached hydrogens (tertiary/aromatic N) is 1. The number of hydrogen-bond acceptors (Lipinski definition) is 2. The number of aromatic amines is 1. The summed E-state index contributed by atoms with van der Waals surface area (Å²) in [7, 11) is 0. The van der Waals surface area contributed by atoms with Crippen LogP contribution < -0.4 is 5.32 Å². The van der Waals surface area contributed by atoms with Crippen LogP contribution >= 0.6 is 0 Å². The third-order valence-electron chi connectivity index (χ3n) is 5.55. The van der Waals surface area contributed by atoms with E-state index in [1.165, 1.54) is 38.5 Å². The van der Waals surface area contributed by atoms with Gasteiger partial charge in [-0.15, -0.1) is 0 Å². The minimum absolute atomic E-state index is 0.0181. The maximum Gasteiger partial charge on any atom is 0.254 e. The van der Waals surface area contributed by atoms with Crippen molar-refractivity contribution in [3.05, 3.63) is 18.0 Å². The van der Waals surface area contributed by atoms with Gasteiger partial charge in [-0.05, 0) is 61.7 Å². The summed E-state index contributed by atoms with van der Waals surface area (Å²) in [6, 6.07) is 0. The minimum atomic E-state index is 0.0181. The Kier molecular flexibility index (Phi) is 2.47. The number of carbonyl (C=O) groups excluding carboxylic acids is 1. The van der Waals surface area contributed by atoms with E-state index in [2.05, 4.69) is 15.5 Å². The van der Waals surface area contributed by atoms with E-state index in [-0.39, 0.29) is 5.91 Å². The van der Waals surface area contributed by atoms with Gasteiger partial charge in [0.2, 0.25) is 0 Å².